The van der Waals surface area contributed by atoms with Crippen LogP contribution in [0.1, 0.15) is 85.9 Å². The normalized spacial score (nSPS) is 14.1. The molecule has 1 aromatic rings. The van der Waals surface area contributed by atoms with Crippen molar-refractivity contribution >= 4 is 17.9 Å². The van der Waals surface area contributed by atoms with Gasteiger partial charge in [-0.2, -0.15) is 0 Å². The Morgan fingerprint density at radius 2 is 1.65 bits per heavy atom. The van der Waals surface area contributed by atoms with Crippen LogP contribution in [0.5, 0.6) is 0 Å². The second-order valence-corrected chi connectivity index (χ2v) is 10.1. The summed E-state index contributed by atoms with van der Waals surface area (Å²) < 4.78 is 5.41. The highest BCUT2D eigenvalue weighted by molar-refractivity contribution is 5.93. The minimum Gasteiger partial charge on any atom is -0.444 e. The van der Waals surface area contributed by atoms with E-state index in [1.807, 2.05) is 41.5 Å². The van der Waals surface area contributed by atoms with Crippen LogP contribution in [-0.4, -0.2) is 46.5 Å². The number of nitrogens with one attached hydrogen (secondary N) is 2. The molecule has 0 saturated heterocycles. The maximum absolute atomic E-state index is 14.0. The van der Waals surface area contributed by atoms with Gasteiger partial charge in [0.25, 0.3) is 0 Å². The van der Waals surface area contributed by atoms with Crippen LogP contribution in [0.3, 0.4) is 0 Å². The maximum atomic E-state index is 14.0. The van der Waals surface area contributed by atoms with Crippen LogP contribution in [0, 0.1) is 18.3 Å². The predicted octanol–water partition coefficient (Wildman–Crippen LogP) is 4.41. The highest BCUT2D eigenvalue weighted by Crippen LogP contribution is 2.29. The summed E-state index contributed by atoms with van der Waals surface area (Å²) in [5.41, 5.74) is 0.381. The van der Waals surface area contributed by atoms with E-state index in [1.54, 1.807) is 45.0 Å². The van der Waals surface area contributed by atoms with Crippen molar-refractivity contribution < 1.29 is 19.1 Å². The molecule has 0 saturated carbocycles. The topological polar surface area (TPSA) is 87.7 Å². The van der Waals surface area contributed by atoms with E-state index in [4.69, 9.17) is 11.2 Å². The van der Waals surface area contributed by atoms with Crippen molar-refractivity contribution in [1.29, 1.82) is 0 Å². The molecule has 3 amide bonds. The molecule has 1 rings (SSSR count). The van der Waals surface area contributed by atoms with Crippen LogP contribution < -0.4 is 10.6 Å². The van der Waals surface area contributed by atoms with Crippen LogP contribution in [0.2, 0.25) is 0 Å². The van der Waals surface area contributed by atoms with E-state index in [2.05, 4.69) is 16.6 Å². The van der Waals surface area contributed by atoms with E-state index in [9.17, 15) is 14.4 Å². The van der Waals surface area contributed by atoms with Gasteiger partial charge in [0.1, 0.15) is 17.7 Å². The van der Waals surface area contributed by atoms with Crippen LogP contribution in [-0.2, 0) is 14.3 Å². The molecule has 3 atom stereocenters. The minimum atomic E-state index is -0.964. The summed E-state index contributed by atoms with van der Waals surface area (Å²) >= 11 is 0. The lowest BCUT2D eigenvalue weighted by Crippen LogP contribution is -2.57. The van der Waals surface area contributed by atoms with Crippen LogP contribution >= 0.6 is 0 Å². The zero-order valence-corrected chi connectivity index (χ0v) is 22.1. The lowest BCUT2D eigenvalue weighted by Gasteiger charge is -2.39. The lowest BCUT2D eigenvalue weighted by atomic mass is 9.93. The molecule has 3 unspecified atom stereocenters. The van der Waals surface area contributed by atoms with E-state index < -0.39 is 23.8 Å². The van der Waals surface area contributed by atoms with Crippen LogP contribution in [0.15, 0.2) is 24.3 Å². The Morgan fingerprint density at radius 3 is 2.12 bits per heavy atom. The summed E-state index contributed by atoms with van der Waals surface area (Å²) in [6.45, 7) is 16.5. The third kappa shape index (κ3) is 8.09. The number of nitrogens with zero attached hydrogens (tertiary/aromatic N) is 1. The summed E-state index contributed by atoms with van der Waals surface area (Å²) in [6, 6.07) is 4.77. The fraction of sp³-hybridized carbons (Fsp3) is 0.593. The largest absolute Gasteiger partial charge is 0.444 e. The van der Waals surface area contributed by atoms with Crippen LogP contribution in [0.25, 0.3) is 0 Å². The van der Waals surface area contributed by atoms with Crippen molar-refractivity contribution in [1.82, 2.24) is 15.5 Å². The van der Waals surface area contributed by atoms with E-state index in [0.29, 0.717) is 17.5 Å². The second kappa shape index (κ2) is 12.5. The van der Waals surface area contributed by atoms with Gasteiger partial charge in [0, 0.05) is 17.6 Å². The zero-order valence-electron chi connectivity index (χ0n) is 22.1. The molecule has 0 fully saturated rings. The fourth-order valence-corrected chi connectivity index (χ4v) is 3.61. The molecule has 0 aliphatic heterocycles. The number of carbonyl (C=O) groups excluding carboxylic acids is 3. The number of alkyl carbamates (subject to hydrolysis) is 1. The first-order valence-corrected chi connectivity index (χ1v) is 11.9. The molecule has 34 heavy (non-hydrogen) atoms. The van der Waals surface area contributed by atoms with Gasteiger partial charge in [-0.15, -0.1) is 6.42 Å². The molecule has 0 aliphatic rings. The average Bonchev–Trinajstić information content (AvgIpc) is 2.72. The molecule has 0 aromatic heterocycles. The van der Waals surface area contributed by atoms with E-state index in [0.717, 1.165) is 0 Å². The van der Waals surface area contributed by atoms with E-state index in [1.165, 1.54) is 4.90 Å². The SMILES string of the molecule is C#Cc1ccccc1C(C(=O)NC(C)C)N(C(=O)C(NC(=O)OC(C)(C)C)C(C)CC)C(C)C. The first kappa shape index (κ1) is 29.0. The number of benzene rings is 1. The minimum absolute atomic E-state index is 0.137. The van der Waals surface area contributed by atoms with Crippen molar-refractivity contribution in [2.24, 2.45) is 5.92 Å². The van der Waals surface area contributed by atoms with E-state index >= 15 is 0 Å². The smallest absolute Gasteiger partial charge is 0.408 e. The van der Waals surface area contributed by atoms with Crippen molar-refractivity contribution in [3.05, 3.63) is 35.4 Å². The Bertz CT molecular complexity index is 896. The third-order valence-electron chi connectivity index (χ3n) is 5.33. The van der Waals surface area contributed by atoms with Gasteiger partial charge in [-0.25, -0.2) is 4.79 Å². The molecule has 0 heterocycles. The highest BCUT2D eigenvalue weighted by atomic mass is 16.6. The molecular weight excluding hydrogens is 430 g/mol. The number of ether oxygens (including phenoxy) is 1. The average molecular weight is 472 g/mol. The first-order valence-electron chi connectivity index (χ1n) is 11.9. The summed E-state index contributed by atoms with van der Waals surface area (Å²) in [5, 5.41) is 5.67. The lowest BCUT2D eigenvalue weighted by molar-refractivity contribution is -0.145. The van der Waals surface area contributed by atoms with Crippen LogP contribution in [0.4, 0.5) is 4.79 Å². The van der Waals surface area contributed by atoms with Gasteiger partial charge in [-0.3, -0.25) is 9.59 Å². The van der Waals surface area contributed by atoms with Crippen molar-refractivity contribution in [2.75, 3.05) is 0 Å². The standard InChI is InChI=1S/C27H41N3O4/c1-11-19(7)22(29-26(33)34-27(8,9)10)25(32)30(18(5)6)23(24(31)28-17(3)4)21-16-14-13-15-20(21)12-2/h2,13-19,22-23H,11H2,1,3-10H3,(H,28,31)(H,29,33). The summed E-state index contributed by atoms with van der Waals surface area (Å²) in [4.78, 5) is 41.6. The molecule has 7 heteroatoms. The molecular formula is C27H41N3O4. The summed E-state index contributed by atoms with van der Waals surface area (Å²) in [6.07, 6.45) is 5.70. The Morgan fingerprint density at radius 1 is 1.06 bits per heavy atom. The Kier molecular flexibility index (Phi) is 10.6. The Balaban J connectivity index is 3.57. The monoisotopic (exact) mass is 471 g/mol. The maximum Gasteiger partial charge on any atom is 0.408 e. The highest BCUT2D eigenvalue weighted by Gasteiger charge is 2.40. The molecule has 7 nitrogen and oxygen atoms in total. The van der Waals surface area contributed by atoms with Gasteiger partial charge in [-0.05, 0) is 66.0 Å². The number of amides is 3. The Labute approximate surface area is 205 Å². The van der Waals surface area contributed by atoms with Crippen molar-refractivity contribution in [3.8, 4) is 12.3 Å². The molecule has 2 N–H and O–H groups in total. The molecule has 0 radical (unpaired) electrons. The van der Waals surface area contributed by atoms with Gasteiger partial charge in [0.15, 0.2) is 0 Å². The summed E-state index contributed by atoms with van der Waals surface area (Å²) in [7, 11) is 0. The Hall–Kier alpha value is -3.01. The van der Waals surface area contributed by atoms with Gasteiger partial charge >= 0.3 is 6.09 Å². The van der Waals surface area contributed by atoms with Gasteiger partial charge in [0.05, 0.1) is 0 Å². The number of terminal acetylenes is 1. The first-order chi connectivity index (χ1) is 15.7. The van der Waals surface area contributed by atoms with Gasteiger partial charge < -0.3 is 20.3 Å². The van der Waals surface area contributed by atoms with Crippen molar-refractivity contribution in [3.63, 3.8) is 0 Å². The fourth-order valence-electron chi connectivity index (χ4n) is 3.61. The number of hydrogen-bond donors (Lipinski definition) is 2. The van der Waals surface area contributed by atoms with Gasteiger partial charge in [0.2, 0.25) is 11.8 Å². The predicted molar refractivity (Wildman–Crippen MR) is 135 cm³/mol. The molecule has 1 aromatic carbocycles. The van der Waals surface area contributed by atoms with E-state index in [-0.39, 0.29) is 29.8 Å². The number of rotatable bonds is 9. The molecule has 0 aliphatic carbocycles. The third-order valence-corrected chi connectivity index (χ3v) is 5.33. The second-order valence-electron chi connectivity index (χ2n) is 10.1. The number of hydrogen-bond acceptors (Lipinski definition) is 4. The molecule has 0 spiro atoms. The van der Waals surface area contributed by atoms with Gasteiger partial charge in [-0.1, -0.05) is 44.4 Å². The molecule has 188 valence electrons. The van der Waals surface area contributed by atoms with Crippen molar-refractivity contribution in [2.45, 2.75) is 98.5 Å². The summed E-state index contributed by atoms with van der Waals surface area (Å²) in [5.74, 6) is 1.73. The molecule has 0 bridgehead atoms. The zero-order chi connectivity index (χ0) is 26.2. The number of carbonyl (C=O) groups is 3. The quantitative estimate of drug-likeness (QED) is 0.522.